The summed E-state index contributed by atoms with van der Waals surface area (Å²) in [6.45, 7) is 1.30. The van der Waals surface area contributed by atoms with E-state index in [1.165, 1.54) is 30.9 Å². The maximum Gasteiger partial charge on any atom is 0.261 e. The van der Waals surface area contributed by atoms with Crippen molar-refractivity contribution in [3.8, 4) is 0 Å². The fraction of sp³-hybridized carbons (Fsp3) is 0.500. The van der Waals surface area contributed by atoms with E-state index in [2.05, 4.69) is 9.71 Å². The van der Waals surface area contributed by atoms with E-state index >= 15 is 0 Å². The molecule has 2 N–H and O–H groups in total. The highest BCUT2D eigenvalue weighted by Crippen LogP contribution is 2.13. The number of halogens is 1. The summed E-state index contributed by atoms with van der Waals surface area (Å²) in [4.78, 5) is 3.48. The van der Waals surface area contributed by atoms with Crippen LogP contribution in [-0.2, 0) is 10.0 Å². The van der Waals surface area contributed by atoms with E-state index in [0.29, 0.717) is 5.75 Å². The minimum atomic E-state index is -4.05. The van der Waals surface area contributed by atoms with Crippen LogP contribution < -0.4 is 4.72 Å². The minimum absolute atomic E-state index is 0.202. The Morgan fingerprint density at radius 1 is 1.61 bits per heavy atom. The van der Waals surface area contributed by atoms with E-state index in [4.69, 9.17) is 0 Å². The second-order valence-corrected chi connectivity index (χ2v) is 6.59. The number of pyridine rings is 1. The van der Waals surface area contributed by atoms with E-state index in [9.17, 15) is 17.9 Å². The third-order valence-corrected chi connectivity index (χ3v) is 4.32. The Morgan fingerprint density at radius 3 is 2.83 bits per heavy atom. The quantitative estimate of drug-likeness (QED) is 0.804. The molecule has 1 unspecified atom stereocenters. The highest BCUT2D eigenvalue weighted by molar-refractivity contribution is 7.98. The van der Waals surface area contributed by atoms with Crippen LogP contribution in [0.25, 0.3) is 0 Å². The van der Waals surface area contributed by atoms with Gasteiger partial charge in [0, 0.05) is 18.5 Å². The van der Waals surface area contributed by atoms with Gasteiger partial charge in [0.2, 0.25) is 5.03 Å². The molecule has 0 aliphatic heterocycles. The molecule has 0 aromatic carbocycles. The predicted molar refractivity (Wildman–Crippen MR) is 68.4 cm³/mol. The maximum atomic E-state index is 13.3. The zero-order chi connectivity index (χ0) is 13.8. The lowest BCUT2D eigenvalue weighted by Crippen LogP contribution is -2.42. The molecule has 0 amide bonds. The summed E-state index contributed by atoms with van der Waals surface area (Å²) in [6.07, 6.45) is 2.99. The molecule has 1 aromatic heterocycles. The standard InChI is InChI=1S/C10H15FN2O3S2/c1-10(14,7-17-2)6-13-18(15,16)9-8(11)4-3-5-12-9/h3-5,13-14H,6-7H2,1-2H3. The van der Waals surface area contributed by atoms with Crippen molar-refractivity contribution in [1.82, 2.24) is 9.71 Å². The molecule has 0 saturated carbocycles. The van der Waals surface area contributed by atoms with Gasteiger partial charge in [-0.05, 0) is 25.3 Å². The summed E-state index contributed by atoms with van der Waals surface area (Å²) in [6, 6.07) is 2.32. The normalized spacial score (nSPS) is 15.3. The van der Waals surface area contributed by atoms with Crippen molar-refractivity contribution in [2.24, 2.45) is 0 Å². The number of nitrogens with one attached hydrogen (secondary N) is 1. The highest BCUT2D eigenvalue weighted by Gasteiger charge is 2.26. The first-order valence-electron chi connectivity index (χ1n) is 5.10. The molecule has 5 nitrogen and oxygen atoms in total. The molecule has 8 heteroatoms. The predicted octanol–water partition coefficient (Wildman–Crippen LogP) is 0.613. The van der Waals surface area contributed by atoms with Crippen molar-refractivity contribution in [3.63, 3.8) is 0 Å². The molecule has 102 valence electrons. The van der Waals surface area contributed by atoms with Gasteiger partial charge in [-0.2, -0.15) is 11.8 Å². The Hall–Kier alpha value is -0.700. The van der Waals surface area contributed by atoms with Crippen molar-refractivity contribution in [2.75, 3.05) is 18.6 Å². The van der Waals surface area contributed by atoms with Gasteiger partial charge in [-0.3, -0.25) is 0 Å². The average molecular weight is 294 g/mol. The van der Waals surface area contributed by atoms with Crippen LogP contribution in [0.3, 0.4) is 0 Å². The Kier molecular flexibility index (Phi) is 5.09. The van der Waals surface area contributed by atoms with E-state index in [0.717, 1.165) is 6.07 Å². The molecule has 1 rings (SSSR count). The lowest BCUT2D eigenvalue weighted by atomic mass is 10.1. The van der Waals surface area contributed by atoms with Crippen LogP contribution in [-0.4, -0.2) is 42.7 Å². The number of aromatic nitrogens is 1. The molecule has 0 aliphatic carbocycles. The first-order chi connectivity index (χ1) is 8.28. The number of sulfonamides is 1. The molecular formula is C10H15FN2O3S2. The van der Waals surface area contributed by atoms with Gasteiger partial charge in [-0.1, -0.05) is 0 Å². The smallest absolute Gasteiger partial charge is 0.261 e. The lowest BCUT2D eigenvalue weighted by Gasteiger charge is -2.22. The fourth-order valence-corrected chi connectivity index (χ4v) is 3.14. The highest BCUT2D eigenvalue weighted by atomic mass is 32.2. The summed E-state index contributed by atoms with van der Waals surface area (Å²) in [7, 11) is -4.05. The Bertz CT molecular complexity index is 506. The van der Waals surface area contributed by atoms with Crippen molar-refractivity contribution >= 4 is 21.8 Å². The molecule has 0 fully saturated rings. The van der Waals surface area contributed by atoms with Crippen molar-refractivity contribution in [1.29, 1.82) is 0 Å². The summed E-state index contributed by atoms with van der Waals surface area (Å²) in [5.41, 5.74) is -1.20. The Morgan fingerprint density at radius 2 is 2.28 bits per heavy atom. The van der Waals surface area contributed by atoms with Gasteiger partial charge >= 0.3 is 0 Å². The molecule has 1 heterocycles. The molecule has 0 saturated heterocycles. The number of nitrogens with zero attached hydrogens (tertiary/aromatic N) is 1. The minimum Gasteiger partial charge on any atom is -0.388 e. The molecule has 0 aliphatic rings. The van der Waals surface area contributed by atoms with Gasteiger partial charge in [0.1, 0.15) is 0 Å². The zero-order valence-electron chi connectivity index (χ0n) is 10.1. The summed E-state index contributed by atoms with van der Waals surface area (Å²) in [5, 5.41) is 9.17. The zero-order valence-corrected chi connectivity index (χ0v) is 11.7. The topological polar surface area (TPSA) is 79.3 Å². The van der Waals surface area contributed by atoms with Gasteiger partial charge in [-0.15, -0.1) is 0 Å². The number of thioether (sulfide) groups is 1. The van der Waals surface area contributed by atoms with Gasteiger partial charge in [-0.25, -0.2) is 22.5 Å². The number of hydrogen-bond donors (Lipinski definition) is 2. The van der Waals surface area contributed by atoms with Crippen molar-refractivity contribution in [3.05, 3.63) is 24.1 Å². The van der Waals surface area contributed by atoms with Crippen molar-refractivity contribution < 1.29 is 17.9 Å². The third-order valence-electron chi connectivity index (χ3n) is 2.08. The molecule has 0 spiro atoms. The molecule has 0 bridgehead atoms. The SMILES string of the molecule is CSCC(C)(O)CNS(=O)(=O)c1ncccc1F. The Balaban J connectivity index is 2.81. The number of hydrogen-bond acceptors (Lipinski definition) is 5. The van der Waals surface area contributed by atoms with Gasteiger partial charge in [0.05, 0.1) is 5.60 Å². The summed E-state index contributed by atoms with van der Waals surface area (Å²) in [5.74, 6) is -0.560. The monoisotopic (exact) mass is 294 g/mol. The van der Waals surface area contributed by atoms with E-state index < -0.39 is 26.5 Å². The van der Waals surface area contributed by atoms with Crippen LogP contribution in [0, 0.1) is 5.82 Å². The fourth-order valence-electron chi connectivity index (χ4n) is 1.25. The van der Waals surface area contributed by atoms with Gasteiger partial charge < -0.3 is 5.11 Å². The van der Waals surface area contributed by atoms with Gasteiger partial charge in [0.25, 0.3) is 10.0 Å². The van der Waals surface area contributed by atoms with E-state index in [-0.39, 0.29) is 6.54 Å². The molecule has 1 atom stereocenters. The molecule has 1 aromatic rings. The second-order valence-electron chi connectivity index (χ2n) is 4.04. The van der Waals surface area contributed by atoms with Crippen LogP contribution in [0.5, 0.6) is 0 Å². The van der Waals surface area contributed by atoms with E-state index in [1.807, 2.05) is 0 Å². The summed E-state index contributed by atoms with van der Waals surface area (Å²) < 4.78 is 39.0. The first-order valence-corrected chi connectivity index (χ1v) is 7.98. The molecule has 0 radical (unpaired) electrons. The van der Waals surface area contributed by atoms with Crippen molar-refractivity contribution in [2.45, 2.75) is 17.6 Å². The first kappa shape index (κ1) is 15.4. The summed E-state index contributed by atoms with van der Waals surface area (Å²) >= 11 is 1.38. The van der Waals surface area contributed by atoms with E-state index in [1.54, 1.807) is 6.26 Å². The molecular weight excluding hydrogens is 279 g/mol. The van der Waals surface area contributed by atoms with Crippen LogP contribution in [0.4, 0.5) is 4.39 Å². The van der Waals surface area contributed by atoms with Crippen LogP contribution in [0.15, 0.2) is 23.4 Å². The number of aliphatic hydroxyl groups is 1. The van der Waals surface area contributed by atoms with Crippen LogP contribution in [0.2, 0.25) is 0 Å². The lowest BCUT2D eigenvalue weighted by molar-refractivity contribution is 0.0908. The maximum absolute atomic E-state index is 13.3. The average Bonchev–Trinajstić information content (AvgIpc) is 2.27. The van der Waals surface area contributed by atoms with Gasteiger partial charge in [0.15, 0.2) is 5.82 Å². The van der Waals surface area contributed by atoms with Crippen LogP contribution in [0.1, 0.15) is 6.92 Å². The Labute approximate surface area is 110 Å². The largest absolute Gasteiger partial charge is 0.388 e. The van der Waals surface area contributed by atoms with Crippen LogP contribution >= 0.6 is 11.8 Å². The third kappa shape index (κ3) is 4.20. The molecule has 18 heavy (non-hydrogen) atoms. The number of rotatable bonds is 6. The second kappa shape index (κ2) is 5.96.